The molecule has 0 unspecified atom stereocenters. The summed E-state index contributed by atoms with van der Waals surface area (Å²) >= 11 is 0. The monoisotopic (exact) mass is 649 g/mol. The van der Waals surface area contributed by atoms with Gasteiger partial charge in [0.25, 0.3) is 0 Å². The predicted molar refractivity (Wildman–Crippen MR) is 168 cm³/mol. The molecule has 18 nitrogen and oxygen atoms in total. The number of aliphatic imine (C=N–C) groups is 1. The van der Waals surface area contributed by atoms with Gasteiger partial charge in [-0.1, -0.05) is 35.5 Å². The van der Waals surface area contributed by atoms with E-state index in [1.54, 1.807) is 24.3 Å². The molecule has 18 heteroatoms. The van der Waals surface area contributed by atoms with E-state index in [4.69, 9.17) is 11.5 Å². The normalized spacial score (nSPS) is 15.9. The van der Waals surface area contributed by atoms with Gasteiger partial charge in [-0.05, 0) is 18.4 Å². The molecule has 47 heavy (non-hydrogen) atoms. The van der Waals surface area contributed by atoms with Gasteiger partial charge in [-0.2, -0.15) is 0 Å². The Labute approximate surface area is 269 Å². The molecule has 4 atom stereocenters. The van der Waals surface area contributed by atoms with Gasteiger partial charge < -0.3 is 43.0 Å². The number of imidazole rings is 1. The fourth-order valence-corrected chi connectivity index (χ4v) is 4.96. The molecular formula is C29H39N13O5. The molecule has 0 saturated carbocycles. The Morgan fingerprint density at radius 2 is 1.72 bits per heavy atom. The molecule has 0 radical (unpaired) electrons. The van der Waals surface area contributed by atoms with Gasteiger partial charge in [0, 0.05) is 38.2 Å². The first kappa shape index (κ1) is 34.1. The molecule has 0 saturated heterocycles. The van der Waals surface area contributed by atoms with Crippen LogP contribution in [-0.2, 0) is 49.9 Å². The third kappa shape index (κ3) is 10.4. The van der Waals surface area contributed by atoms with Crippen molar-refractivity contribution < 1.29 is 24.0 Å². The Hall–Kier alpha value is -5.81. The largest absolute Gasteiger partial charge is 0.370 e. The molecule has 1 aromatic carbocycles. The Morgan fingerprint density at radius 3 is 2.40 bits per heavy atom. The van der Waals surface area contributed by atoms with Crippen molar-refractivity contribution >= 4 is 35.5 Å². The first-order valence-electron chi connectivity index (χ1n) is 15.0. The molecule has 10 N–H and O–H groups in total. The average Bonchev–Trinajstić information content (AvgIpc) is 3.69. The minimum atomic E-state index is -1.14. The Morgan fingerprint density at radius 1 is 1.00 bits per heavy atom. The summed E-state index contributed by atoms with van der Waals surface area (Å²) in [6.07, 6.45) is 5.09. The van der Waals surface area contributed by atoms with Crippen LogP contribution >= 0.6 is 0 Å². The zero-order valence-electron chi connectivity index (χ0n) is 25.8. The molecule has 0 fully saturated rings. The highest BCUT2D eigenvalue weighted by Crippen LogP contribution is 2.09. The number of aromatic amines is 1. The zero-order chi connectivity index (χ0) is 33.8. The number of benzene rings is 1. The van der Waals surface area contributed by atoms with Gasteiger partial charge in [0.15, 0.2) is 5.96 Å². The number of carbonyl (C=O) groups is 5. The summed E-state index contributed by atoms with van der Waals surface area (Å²) in [5.74, 6) is -2.89. The topological polar surface area (TPSA) is 269 Å². The number of aromatic nitrogens is 5. The number of carbonyl (C=O) groups excluding carboxylic acids is 5. The Bertz CT molecular complexity index is 1550. The van der Waals surface area contributed by atoms with E-state index in [2.05, 4.69) is 51.9 Å². The molecular weight excluding hydrogens is 610 g/mol. The van der Waals surface area contributed by atoms with Crippen molar-refractivity contribution in [2.24, 2.45) is 16.5 Å². The Kier molecular flexibility index (Phi) is 12.0. The number of nitrogens with zero attached hydrogens (tertiary/aromatic N) is 5. The van der Waals surface area contributed by atoms with Crippen LogP contribution in [0.3, 0.4) is 0 Å². The van der Waals surface area contributed by atoms with Gasteiger partial charge in [0.1, 0.15) is 24.2 Å². The van der Waals surface area contributed by atoms with Crippen molar-refractivity contribution in [3.63, 3.8) is 0 Å². The predicted octanol–water partition coefficient (Wildman–Crippen LogP) is -2.87. The lowest BCUT2D eigenvalue weighted by Crippen LogP contribution is -2.59. The van der Waals surface area contributed by atoms with Crippen LogP contribution in [0.15, 0.2) is 54.0 Å². The number of nitrogens with two attached hydrogens (primary N) is 2. The number of amides is 5. The number of nitrogens with one attached hydrogen (secondary N) is 6. The van der Waals surface area contributed by atoms with E-state index in [9.17, 15) is 24.0 Å². The molecule has 5 amide bonds. The smallest absolute Gasteiger partial charge is 0.244 e. The summed E-state index contributed by atoms with van der Waals surface area (Å²) in [4.78, 5) is 76.5. The minimum absolute atomic E-state index is 0.0368. The van der Waals surface area contributed by atoms with Gasteiger partial charge in [0.05, 0.1) is 31.3 Å². The van der Waals surface area contributed by atoms with Gasteiger partial charge in [0.2, 0.25) is 29.5 Å². The molecule has 250 valence electrons. The summed E-state index contributed by atoms with van der Waals surface area (Å²) in [6.45, 7) is 1.70. The summed E-state index contributed by atoms with van der Waals surface area (Å²) in [5, 5.41) is 21.3. The molecule has 1 aliphatic heterocycles. The fourth-order valence-electron chi connectivity index (χ4n) is 4.96. The number of H-pyrrole nitrogens is 1. The average molecular weight is 650 g/mol. The third-order valence-electron chi connectivity index (χ3n) is 7.30. The summed E-state index contributed by atoms with van der Waals surface area (Å²) in [6, 6.07) is 4.71. The summed E-state index contributed by atoms with van der Waals surface area (Å²) in [7, 11) is 0. The molecule has 2 aromatic heterocycles. The maximum atomic E-state index is 13.9. The van der Waals surface area contributed by atoms with Crippen LogP contribution in [0.2, 0.25) is 0 Å². The van der Waals surface area contributed by atoms with Crippen LogP contribution in [-0.4, -0.2) is 91.2 Å². The lowest BCUT2D eigenvalue weighted by atomic mass is 10.0. The lowest BCUT2D eigenvalue weighted by molar-refractivity contribution is -0.134. The van der Waals surface area contributed by atoms with Gasteiger partial charge in [-0.25, -0.2) is 9.67 Å². The molecule has 4 rings (SSSR count). The highest BCUT2D eigenvalue weighted by atomic mass is 16.2. The second-order valence-electron chi connectivity index (χ2n) is 11.0. The fraction of sp³-hybridized carbons (Fsp3) is 0.414. The van der Waals surface area contributed by atoms with Crippen molar-refractivity contribution in [1.82, 2.24) is 51.5 Å². The summed E-state index contributed by atoms with van der Waals surface area (Å²) in [5.41, 5.74) is 12.9. The van der Waals surface area contributed by atoms with E-state index in [0.717, 1.165) is 5.56 Å². The standard InChI is InChI=1S/C29H39N13O5/c1-17(43)37-23(11-19-12-32-16-35-19)28(47)39-22(10-18-6-3-2-4-7-18)27(46)38-21(8-5-9-33-29(30)31)26(45)40-24-15-42-20(14-36-41-42)13-34-25(24)44/h2-4,6-7,12,14,16,21-24H,5,8-11,13,15H2,1H3,(H,32,35)(H,34,44)(H,37,43)(H,38,46)(H,39,47)(H,40,45)(H4,30,31,33)/t21-,22+,23-,24-/m0/s1. The Balaban J connectivity index is 1.53. The second-order valence-corrected chi connectivity index (χ2v) is 11.0. The SMILES string of the molecule is CC(=O)N[C@@H](Cc1cnc[nH]1)C(=O)N[C@H](Cc1ccccc1)C(=O)N[C@@H](CCCN=C(N)N)C(=O)N[C@H]1Cn2nncc2CNC1=O. The van der Waals surface area contributed by atoms with Gasteiger partial charge >= 0.3 is 0 Å². The van der Waals surface area contributed by atoms with E-state index in [1.807, 2.05) is 6.07 Å². The lowest BCUT2D eigenvalue weighted by Gasteiger charge is -2.26. The van der Waals surface area contributed by atoms with E-state index >= 15 is 0 Å². The molecule has 1 aliphatic rings. The summed E-state index contributed by atoms with van der Waals surface area (Å²) < 4.78 is 1.51. The molecule has 0 bridgehead atoms. The maximum Gasteiger partial charge on any atom is 0.244 e. The van der Waals surface area contributed by atoms with Crippen molar-refractivity contribution in [3.05, 3.63) is 66.0 Å². The van der Waals surface area contributed by atoms with Crippen LogP contribution in [0, 0.1) is 0 Å². The highest BCUT2D eigenvalue weighted by Gasteiger charge is 2.32. The molecule has 3 heterocycles. The van der Waals surface area contributed by atoms with E-state index in [0.29, 0.717) is 17.8 Å². The van der Waals surface area contributed by atoms with Crippen LogP contribution in [0.1, 0.15) is 36.7 Å². The number of hydrogen-bond acceptors (Lipinski definition) is 9. The number of fused-ring (bicyclic) bond motifs is 1. The maximum absolute atomic E-state index is 13.9. The second kappa shape index (κ2) is 16.5. The minimum Gasteiger partial charge on any atom is -0.370 e. The first-order chi connectivity index (χ1) is 22.6. The van der Waals surface area contributed by atoms with Crippen LogP contribution in [0.4, 0.5) is 0 Å². The van der Waals surface area contributed by atoms with E-state index in [1.165, 1.54) is 30.3 Å². The van der Waals surface area contributed by atoms with Crippen LogP contribution < -0.4 is 38.1 Å². The van der Waals surface area contributed by atoms with E-state index in [-0.39, 0.29) is 44.9 Å². The number of hydrogen-bond donors (Lipinski definition) is 8. The van der Waals surface area contributed by atoms with Crippen molar-refractivity contribution in [3.8, 4) is 0 Å². The molecule has 0 spiro atoms. The van der Waals surface area contributed by atoms with E-state index < -0.39 is 53.7 Å². The quantitative estimate of drug-likeness (QED) is 0.0473. The van der Waals surface area contributed by atoms with Gasteiger partial charge in [-0.15, -0.1) is 5.10 Å². The number of rotatable bonds is 15. The zero-order valence-corrected chi connectivity index (χ0v) is 25.8. The van der Waals surface area contributed by atoms with Crippen LogP contribution in [0.5, 0.6) is 0 Å². The van der Waals surface area contributed by atoms with Crippen molar-refractivity contribution in [2.75, 3.05) is 6.54 Å². The molecule has 0 aliphatic carbocycles. The third-order valence-corrected chi connectivity index (χ3v) is 7.30. The highest BCUT2D eigenvalue weighted by molar-refractivity contribution is 5.95. The van der Waals surface area contributed by atoms with Crippen molar-refractivity contribution in [2.45, 2.75) is 69.9 Å². The van der Waals surface area contributed by atoms with Crippen LogP contribution in [0.25, 0.3) is 0 Å². The number of guanidine groups is 1. The molecule has 3 aromatic rings. The van der Waals surface area contributed by atoms with Gasteiger partial charge in [-0.3, -0.25) is 29.0 Å². The first-order valence-corrected chi connectivity index (χ1v) is 15.0. The van der Waals surface area contributed by atoms with Crippen molar-refractivity contribution in [1.29, 1.82) is 0 Å².